The maximum atomic E-state index is 12.8. The molecule has 0 spiro atoms. The molecule has 0 bridgehead atoms. The van der Waals surface area contributed by atoms with E-state index >= 15 is 0 Å². The Balaban J connectivity index is 0. The second-order valence-corrected chi connectivity index (χ2v) is 7.86. The minimum atomic E-state index is -4.35. The van der Waals surface area contributed by atoms with Gasteiger partial charge >= 0.3 is 6.18 Å². The third kappa shape index (κ3) is 11.6. The van der Waals surface area contributed by atoms with Crippen LogP contribution in [0.1, 0.15) is 71.2 Å². The lowest BCUT2D eigenvalue weighted by Gasteiger charge is -2.14. The maximum Gasteiger partial charge on any atom is 0.416 e. The summed E-state index contributed by atoms with van der Waals surface area (Å²) in [6.45, 7) is 12.7. The number of Topliss-reactive ketones (excluding diaryl/α,β-unsaturated/α-hetero) is 1. The highest BCUT2D eigenvalue weighted by Crippen LogP contribution is 2.32. The van der Waals surface area contributed by atoms with E-state index in [0.29, 0.717) is 17.6 Å². The third-order valence-corrected chi connectivity index (χ3v) is 4.01. The molecule has 0 saturated carbocycles. The molecule has 0 atom stereocenters. The Bertz CT molecular complexity index is 919. The molecule has 8 heteroatoms. The molecule has 186 valence electrons. The number of pyridine rings is 1. The molecule has 2 rings (SSSR count). The van der Waals surface area contributed by atoms with Gasteiger partial charge in [-0.1, -0.05) is 20.8 Å². The summed E-state index contributed by atoms with van der Waals surface area (Å²) in [5.74, 6) is 0.113. The highest BCUT2D eigenvalue weighted by Gasteiger charge is 2.31. The van der Waals surface area contributed by atoms with Crippen molar-refractivity contribution in [3.63, 3.8) is 0 Å². The molecule has 0 fully saturated rings. The van der Waals surface area contributed by atoms with Crippen molar-refractivity contribution >= 4 is 16.9 Å². The number of hydrogen-bond acceptors (Lipinski definition) is 4. The molecule has 0 aliphatic heterocycles. The molecule has 33 heavy (non-hydrogen) atoms. The van der Waals surface area contributed by atoms with Crippen LogP contribution in [0.25, 0.3) is 11.1 Å². The summed E-state index contributed by atoms with van der Waals surface area (Å²) in [7, 11) is 3.73. The molecule has 0 aliphatic carbocycles. The molecular weight excluding hydrogens is 431 g/mol. The Morgan fingerprint density at radius 3 is 2.12 bits per heavy atom. The number of aryl methyl sites for hydroxylation is 1. The quantitative estimate of drug-likeness (QED) is 0.547. The minimum Gasteiger partial charge on any atom is -0.390 e. The van der Waals surface area contributed by atoms with Gasteiger partial charge in [0.25, 0.3) is 0 Å². The number of aromatic nitrogens is 2. The van der Waals surface area contributed by atoms with Crippen molar-refractivity contribution in [2.45, 2.75) is 73.1 Å². The highest BCUT2D eigenvalue weighted by atomic mass is 19.4. The van der Waals surface area contributed by atoms with Crippen LogP contribution in [0.15, 0.2) is 24.5 Å². The Hall–Kier alpha value is -2.79. The molecule has 0 aliphatic rings. The first-order valence-electron chi connectivity index (χ1n) is 10.6. The first-order chi connectivity index (χ1) is 15.2. The average molecular weight is 470 g/mol. The van der Waals surface area contributed by atoms with Crippen LogP contribution >= 0.6 is 0 Å². The summed E-state index contributed by atoms with van der Waals surface area (Å²) < 4.78 is 39.9. The number of carbonyl (C=O) groups is 1. The predicted octanol–water partition coefficient (Wildman–Crippen LogP) is 5.99. The molecule has 0 unspecified atom stereocenters. The van der Waals surface area contributed by atoms with E-state index in [9.17, 15) is 18.0 Å². The van der Waals surface area contributed by atoms with Crippen LogP contribution in [-0.2, 0) is 11.0 Å². The van der Waals surface area contributed by atoms with Crippen LogP contribution < -0.4 is 0 Å². The number of rotatable bonds is 5. The lowest BCUT2D eigenvalue weighted by molar-refractivity contribution is -0.137. The van der Waals surface area contributed by atoms with Gasteiger partial charge in [0.2, 0.25) is 0 Å². The lowest BCUT2D eigenvalue weighted by atomic mass is 10.0. The van der Waals surface area contributed by atoms with Crippen molar-refractivity contribution in [2.24, 2.45) is 0 Å². The molecule has 5 nitrogen and oxygen atoms in total. The number of ketones is 1. The number of terminal acetylenes is 1. The van der Waals surface area contributed by atoms with Gasteiger partial charge in [0.05, 0.1) is 22.4 Å². The number of allylic oxidation sites excluding steroid dienone is 1. The van der Waals surface area contributed by atoms with Gasteiger partial charge in [-0.3, -0.25) is 4.79 Å². The highest BCUT2D eigenvalue weighted by molar-refractivity contribution is 5.79. The molecule has 0 radical (unpaired) electrons. The molecule has 2 aromatic heterocycles. The van der Waals surface area contributed by atoms with E-state index in [4.69, 9.17) is 5.11 Å². The van der Waals surface area contributed by atoms with E-state index < -0.39 is 17.3 Å². The Kier molecular flexibility index (Phi) is 14.1. The second kappa shape index (κ2) is 14.4. The fourth-order valence-electron chi connectivity index (χ4n) is 2.89. The zero-order valence-corrected chi connectivity index (χ0v) is 21.2. The topological polar surface area (TPSA) is 57.8 Å². The number of halogens is 3. The predicted molar refractivity (Wildman–Crippen MR) is 130 cm³/mol. The summed E-state index contributed by atoms with van der Waals surface area (Å²) in [4.78, 5) is 12.5. The number of aliphatic hydroxyl groups is 1. The molecule has 0 aromatic carbocycles. The van der Waals surface area contributed by atoms with Crippen molar-refractivity contribution in [3.05, 3.63) is 41.4 Å². The molecule has 2 heterocycles. The summed E-state index contributed by atoms with van der Waals surface area (Å²) >= 11 is 0. The van der Waals surface area contributed by atoms with Crippen LogP contribution in [0.5, 0.6) is 0 Å². The fraction of sp³-hybridized carbons (Fsp3) is 0.520. The lowest BCUT2D eigenvalue weighted by Crippen LogP contribution is -2.22. The summed E-state index contributed by atoms with van der Waals surface area (Å²) in [6.07, 6.45) is 7.64. The minimum absolute atomic E-state index is 0.113. The van der Waals surface area contributed by atoms with E-state index in [-0.39, 0.29) is 12.2 Å². The van der Waals surface area contributed by atoms with Gasteiger partial charge < -0.3 is 10.0 Å². The van der Waals surface area contributed by atoms with Crippen LogP contribution in [0.3, 0.4) is 0 Å². The number of alkyl halides is 3. The number of carbonyl (C=O) groups excluding carboxylic acids is 1. The zero-order chi connectivity index (χ0) is 26.6. The maximum absolute atomic E-state index is 12.8. The van der Waals surface area contributed by atoms with Crippen LogP contribution in [0, 0.1) is 19.8 Å². The van der Waals surface area contributed by atoms with E-state index in [1.807, 2.05) is 46.0 Å². The molecule has 0 amide bonds. The monoisotopic (exact) mass is 469 g/mol. The van der Waals surface area contributed by atoms with Crippen molar-refractivity contribution in [1.29, 1.82) is 0 Å². The fourth-order valence-corrected chi connectivity index (χ4v) is 2.89. The van der Waals surface area contributed by atoms with Gasteiger partial charge in [-0.05, 0) is 45.4 Å². The van der Waals surface area contributed by atoms with Crippen LogP contribution in [-0.4, -0.2) is 45.1 Å². The van der Waals surface area contributed by atoms with Gasteiger partial charge in [-0.15, -0.1) is 12.8 Å². The van der Waals surface area contributed by atoms with Gasteiger partial charge in [-0.2, -0.15) is 18.3 Å². The van der Waals surface area contributed by atoms with E-state index in [0.717, 1.165) is 23.3 Å². The largest absolute Gasteiger partial charge is 0.416 e. The summed E-state index contributed by atoms with van der Waals surface area (Å²) in [5.41, 5.74) is 1.30. The Morgan fingerprint density at radius 1 is 1.24 bits per heavy atom. The number of nitrogens with zero attached hydrogens (tertiary/aromatic N) is 3. The van der Waals surface area contributed by atoms with Crippen molar-refractivity contribution < 1.29 is 23.1 Å². The second-order valence-electron chi connectivity index (χ2n) is 7.86. The average Bonchev–Trinajstić information content (AvgIpc) is 3.04. The van der Waals surface area contributed by atoms with Gasteiger partial charge in [-0.25, -0.2) is 4.52 Å². The first kappa shape index (κ1) is 32.4. The van der Waals surface area contributed by atoms with Gasteiger partial charge in [0.15, 0.2) is 0 Å². The summed E-state index contributed by atoms with van der Waals surface area (Å²) in [5, 5.41) is 13.4. The van der Waals surface area contributed by atoms with Crippen LogP contribution in [0.2, 0.25) is 0 Å². The standard InChI is InChI=1S/C14H16F3N3.C7H14O2.C2H6.C2H2/c1-9(8-19(3)4)13-10(2)18-20-6-5-11(7-12(13)20)14(15,16)17;1-4-6(8)5-7(2,3)9;2*1-2/h5-8H,1-4H3;9H,4-5H2,1-3H3;1-2H3;1-2H/b9-8+;;;. The smallest absolute Gasteiger partial charge is 0.390 e. The van der Waals surface area contributed by atoms with E-state index in [1.54, 1.807) is 27.7 Å². The first-order valence-corrected chi connectivity index (χ1v) is 10.6. The summed E-state index contributed by atoms with van der Waals surface area (Å²) in [6, 6.07) is 2.18. The number of fused-ring (bicyclic) bond motifs is 1. The molecule has 1 N–H and O–H groups in total. The SMILES string of the molecule is C#C.C/C(=C\N(C)C)c1c(C)nn2ccc(C(F)(F)F)cc12.CC.CCC(=O)CC(C)(C)O. The molecule has 2 aromatic rings. The van der Waals surface area contributed by atoms with E-state index in [2.05, 4.69) is 17.9 Å². The van der Waals surface area contributed by atoms with Gasteiger partial charge in [0, 0.05) is 44.9 Å². The van der Waals surface area contributed by atoms with E-state index in [1.165, 1.54) is 10.7 Å². The zero-order valence-electron chi connectivity index (χ0n) is 21.2. The van der Waals surface area contributed by atoms with Crippen molar-refractivity contribution in [2.75, 3.05) is 14.1 Å². The normalized spacial score (nSPS) is 11.3. The molecular formula is C25H38F3N3O2. The molecule has 0 saturated heterocycles. The van der Waals surface area contributed by atoms with Crippen molar-refractivity contribution in [3.8, 4) is 12.8 Å². The van der Waals surface area contributed by atoms with Gasteiger partial charge in [0.1, 0.15) is 5.78 Å². The van der Waals surface area contributed by atoms with Crippen molar-refractivity contribution in [1.82, 2.24) is 14.5 Å². The Labute approximate surface area is 196 Å². The Morgan fingerprint density at radius 2 is 1.76 bits per heavy atom. The van der Waals surface area contributed by atoms with Crippen LogP contribution in [0.4, 0.5) is 13.2 Å². The number of hydrogen-bond donors (Lipinski definition) is 1. The third-order valence-electron chi connectivity index (χ3n) is 4.01.